The fraction of sp³-hybridized carbons (Fsp3) is 0.333. The predicted octanol–water partition coefficient (Wildman–Crippen LogP) is 2.40. The summed E-state index contributed by atoms with van der Waals surface area (Å²) >= 11 is 7.26. The highest BCUT2D eigenvalue weighted by atomic mass is 35.5. The van der Waals surface area contributed by atoms with Crippen molar-refractivity contribution in [1.29, 1.82) is 0 Å². The summed E-state index contributed by atoms with van der Waals surface area (Å²) in [6.07, 6.45) is 0.280. The molecule has 0 aliphatic carbocycles. The number of thioether (sulfide) groups is 1. The first-order valence-corrected chi connectivity index (χ1v) is 8.68. The van der Waals surface area contributed by atoms with Crippen molar-refractivity contribution >= 4 is 35.3 Å². The Balaban J connectivity index is 1.58. The van der Waals surface area contributed by atoms with E-state index in [4.69, 9.17) is 16.0 Å². The number of benzene rings is 1. The van der Waals surface area contributed by atoms with Crippen molar-refractivity contribution < 1.29 is 14.0 Å². The monoisotopic (exact) mass is 366 g/mol. The van der Waals surface area contributed by atoms with Crippen molar-refractivity contribution in [3.05, 3.63) is 40.7 Å². The molecular formula is C15H15ClN4O3S. The number of nitrogens with zero attached hydrogens (tertiary/aromatic N) is 2. The van der Waals surface area contributed by atoms with Crippen LogP contribution in [0, 0.1) is 5.92 Å². The number of aromatic nitrogens is 2. The van der Waals surface area contributed by atoms with Gasteiger partial charge in [-0.3, -0.25) is 10.1 Å². The van der Waals surface area contributed by atoms with Crippen LogP contribution in [0.4, 0.5) is 4.79 Å². The Morgan fingerprint density at radius 1 is 1.25 bits per heavy atom. The third kappa shape index (κ3) is 4.07. The van der Waals surface area contributed by atoms with Gasteiger partial charge in [-0.1, -0.05) is 35.5 Å². The molecule has 0 radical (unpaired) electrons. The quantitative estimate of drug-likeness (QED) is 0.788. The number of nitrogens with one attached hydrogen (secondary N) is 2. The molecule has 2 atom stereocenters. The summed E-state index contributed by atoms with van der Waals surface area (Å²) < 4.78 is 5.58. The maximum absolute atomic E-state index is 11.9. The highest BCUT2D eigenvalue weighted by molar-refractivity contribution is 7.98. The van der Waals surface area contributed by atoms with E-state index in [1.54, 1.807) is 6.92 Å². The zero-order valence-electron chi connectivity index (χ0n) is 12.8. The second-order valence-corrected chi connectivity index (χ2v) is 6.80. The Morgan fingerprint density at radius 2 is 2.00 bits per heavy atom. The molecule has 3 rings (SSSR count). The largest absolute Gasteiger partial charge is 0.416 e. The summed E-state index contributed by atoms with van der Waals surface area (Å²) in [7, 11) is 0. The Morgan fingerprint density at radius 3 is 2.71 bits per heavy atom. The minimum atomic E-state index is -0.478. The molecule has 3 amide bonds. The molecule has 1 fully saturated rings. The Kier molecular flexibility index (Phi) is 5.06. The van der Waals surface area contributed by atoms with Gasteiger partial charge in [-0.05, 0) is 24.6 Å². The van der Waals surface area contributed by atoms with E-state index in [0.29, 0.717) is 21.9 Å². The highest BCUT2D eigenvalue weighted by Crippen LogP contribution is 2.24. The van der Waals surface area contributed by atoms with Crippen LogP contribution in [0.2, 0.25) is 5.02 Å². The lowest BCUT2D eigenvalue weighted by Crippen LogP contribution is -2.57. The van der Waals surface area contributed by atoms with Crippen LogP contribution in [-0.4, -0.2) is 28.2 Å². The van der Waals surface area contributed by atoms with E-state index in [9.17, 15) is 9.59 Å². The van der Waals surface area contributed by atoms with Gasteiger partial charge in [0.05, 0.1) is 5.92 Å². The molecule has 9 heteroatoms. The van der Waals surface area contributed by atoms with E-state index in [2.05, 4.69) is 20.8 Å². The summed E-state index contributed by atoms with van der Waals surface area (Å²) in [6, 6.07) is 6.76. The average Bonchev–Trinajstić information content (AvgIpc) is 2.98. The van der Waals surface area contributed by atoms with Crippen LogP contribution in [0.5, 0.6) is 0 Å². The van der Waals surface area contributed by atoms with Gasteiger partial charge < -0.3 is 9.73 Å². The van der Waals surface area contributed by atoms with Crippen LogP contribution in [0.1, 0.15) is 18.4 Å². The van der Waals surface area contributed by atoms with Crippen LogP contribution in [-0.2, 0) is 17.0 Å². The van der Waals surface area contributed by atoms with Gasteiger partial charge in [0.2, 0.25) is 11.8 Å². The maximum atomic E-state index is 11.9. The molecule has 2 heterocycles. The van der Waals surface area contributed by atoms with Crippen LogP contribution in [0.15, 0.2) is 33.9 Å². The molecule has 1 saturated heterocycles. The third-order valence-corrected chi connectivity index (χ3v) is 4.80. The van der Waals surface area contributed by atoms with Crippen LogP contribution in [0.25, 0.3) is 0 Å². The number of hydrogen-bond acceptors (Lipinski definition) is 6. The number of rotatable bonds is 5. The van der Waals surface area contributed by atoms with Crippen LogP contribution in [0.3, 0.4) is 0 Å². The van der Waals surface area contributed by atoms with Gasteiger partial charge in [0.15, 0.2) is 0 Å². The number of carbonyl (C=O) groups is 2. The van der Waals surface area contributed by atoms with E-state index < -0.39 is 11.9 Å². The molecular weight excluding hydrogens is 352 g/mol. The first-order valence-electron chi connectivity index (χ1n) is 7.32. The molecule has 0 bridgehead atoms. The molecule has 126 valence electrons. The number of carbonyl (C=O) groups excluding carboxylic acids is 2. The maximum Gasteiger partial charge on any atom is 0.321 e. The lowest BCUT2D eigenvalue weighted by molar-refractivity contribution is -0.125. The smallest absolute Gasteiger partial charge is 0.321 e. The highest BCUT2D eigenvalue weighted by Gasteiger charge is 2.33. The molecule has 7 nitrogen and oxygen atoms in total. The van der Waals surface area contributed by atoms with E-state index in [1.807, 2.05) is 24.3 Å². The van der Waals surface area contributed by atoms with Gasteiger partial charge in [0.1, 0.15) is 0 Å². The van der Waals surface area contributed by atoms with E-state index in [1.165, 1.54) is 11.8 Å². The zero-order chi connectivity index (χ0) is 17.1. The van der Waals surface area contributed by atoms with Crippen molar-refractivity contribution in [3.8, 4) is 0 Å². The molecule has 2 N–H and O–H groups in total. The third-order valence-electron chi connectivity index (χ3n) is 3.65. The predicted molar refractivity (Wildman–Crippen MR) is 88.6 cm³/mol. The first kappa shape index (κ1) is 16.8. The summed E-state index contributed by atoms with van der Waals surface area (Å²) in [5.74, 6) is 0.281. The van der Waals surface area contributed by atoms with Gasteiger partial charge in [-0.25, -0.2) is 4.79 Å². The summed E-state index contributed by atoms with van der Waals surface area (Å²) in [6.45, 7) is 1.77. The molecule has 1 aromatic heterocycles. The molecule has 2 unspecified atom stereocenters. The number of hydrogen-bond donors (Lipinski definition) is 2. The molecule has 0 spiro atoms. The number of urea groups is 1. The SMILES string of the molecule is CC1NC(=O)NC(=O)C1Cc1nnc(SCc2ccc(Cl)cc2)o1. The minimum absolute atomic E-state index is 0.280. The fourth-order valence-electron chi connectivity index (χ4n) is 2.34. The molecule has 0 saturated carbocycles. The first-order chi connectivity index (χ1) is 11.5. The Hall–Kier alpha value is -2.06. The fourth-order valence-corrected chi connectivity index (χ4v) is 3.20. The van der Waals surface area contributed by atoms with Gasteiger partial charge in [0, 0.05) is 23.2 Å². The molecule has 1 aromatic carbocycles. The summed E-state index contributed by atoms with van der Waals surface area (Å²) in [5.41, 5.74) is 1.09. The van der Waals surface area contributed by atoms with Crippen molar-refractivity contribution in [2.45, 2.75) is 30.4 Å². The average molecular weight is 367 g/mol. The van der Waals surface area contributed by atoms with Gasteiger partial charge in [0.25, 0.3) is 5.22 Å². The van der Waals surface area contributed by atoms with Crippen LogP contribution < -0.4 is 10.6 Å². The topological polar surface area (TPSA) is 97.1 Å². The second-order valence-electron chi connectivity index (χ2n) is 5.44. The van der Waals surface area contributed by atoms with Crippen molar-refractivity contribution in [2.24, 2.45) is 5.92 Å². The van der Waals surface area contributed by atoms with Crippen molar-refractivity contribution in [2.75, 3.05) is 0 Å². The second kappa shape index (κ2) is 7.23. The normalized spacial score (nSPS) is 20.6. The van der Waals surface area contributed by atoms with Gasteiger partial charge in [-0.2, -0.15) is 0 Å². The van der Waals surface area contributed by atoms with E-state index >= 15 is 0 Å². The van der Waals surface area contributed by atoms with Crippen LogP contribution >= 0.6 is 23.4 Å². The van der Waals surface area contributed by atoms with Crippen molar-refractivity contribution in [3.63, 3.8) is 0 Å². The minimum Gasteiger partial charge on any atom is -0.416 e. The summed E-state index contributed by atoms with van der Waals surface area (Å²) in [5, 5.41) is 14.0. The lowest BCUT2D eigenvalue weighted by atomic mass is 9.95. The standard InChI is InChI=1S/C15H15ClN4O3S/c1-8-11(13(21)18-14(22)17-8)6-12-19-20-15(23-12)24-7-9-2-4-10(16)5-3-9/h2-5,8,11H,6-7H2,1H3,(H2,17,18,21,22). The zero-order valence-corrected chi connectivity index (χ0v) is 14.4. The van der Waals surface area contributed by atoms with Crippen molar-refractivity contribution in [1.82, 2.24) is 20.8 Å². The van der Waals surface area contributed by atoms with E-state index in [-0.39, 0.29) is 18.4 Å². The summed E-state index contributed by atoms with van der Waals surface area (Å²) in [4.78, 5) is 23.1. The number of halogens is 1. The molecule has 2 aromatic rings. The van der Waals surface area contributed by atoms with Gasteiger partial charge in [-0.15, -0.1) is 10.2 Å². The number of amides is 3. The molecule has 24 heavy (non-hydrogen) atoms. The number of imide groups is 1. The van der Waals surface area contributed by atoms with E-state index in [0.717, 1.165) is 5.56 Å². The Labute approximate surface area is 147 Å². The Bertz CT molecular complexity index is 749. The molecule has 1 aliphatic heterocycles. The van der Waals surface area contributed by atoms with Gasteiger partial charge >= 0.3 is 6.03 Å². The molecule has 1 aliphatic rings. The lowest BCUT2D eigenvalue weighted by Gasteiger charge is -2.27.